The monoisotopic (exact) mass is 213 g/mol. The van der Waals surface area contributed by atoms with Crippen LogP contribution in [0.4, 0.5) is 0 Å². The highest BCUT2D eigenvalue weighted by atomic mass is 16.2. The molecule has 0 unspecified atom stereocenters. The van der Waals surface area contributed by atoms with E-state index in [9.17, 15) is 9.59 Å². The van der Waals surface area contributed by atoms with Gasteiger partial charge in [-0.3, -0.25) is 14.9 Å². The van der Waals surface area contributed by atoms with Gasteiger partial charge in [-0.1, -0.05) is 36.4 Å². The predicted octanol–water partition coefficient (Wildman–Crippen LogP) is 1.67. The van der Waals surface area contributed by atoms with Crippen molar-refractivity contribution in [1.82, 2.24) is 5.32 Å². The Morgan fingerprint density at radius 2 is 1.88 bits per heavy atom. The van der Waals surface area contributed by atoms with Gasteiger partial charge in [0, 0.05) is 6.08 Å². The fourth-order valence-corrected chi connectivity index (χ4v) is 1.71. The molecule has 0 saturated carbocycles. The molecule has 0 fully saturated rings. The number of allylic oxidation sites excluding steroid dienone is 1. The summed E-state index contributed by atoms with van der Waals surface area (Å²) in [5, 5.41) is 2.24. The van der Waals surface area contributed by atoms with Crippen LogP contribution in [0, 0.1) is 0 Å². The summed E-state index contributed by atoms with van der Waals surface area (Å²) in [6.45, 7) is 1.85. The lowest BCUT2D eigenvalue weighted by Crippen LogP contribution is -2.22. The summed E-state index contributed by atoms with van der Waals surface area (Å²) in [7, 11) is 0. The highest BCUT2D eigenvalue weighted by Crippen LogP contribution is 2.24. The van der Waals surface area contributed by atoms with Gasteiger partial charge < -0.3 is 0 Å². The standard InChI is InChI=1S/C13H11NO2/c1-2-10(9-6-4-3-5-7-9)11-8-12(15)14-13(11)16/h2-8H,1H3,(H,14,15,16). The molecule has 0 saturated heterocycles. The molecule has 80 valence electrons. The van der Waals surface area contributed by atoms with E-state index in [0.29, 0.717) is 5.57 Å². The first-order chi connectivity index (χ1) is 7.72. The van der Waals surface area contributed by atoms with Crippen LogP contribution in [0.3, 0.4) is 0 Å². The number of hydrogen-bond donors (Lipinski definition) is 1. The van der Waals surface area contributed by atoms with Gasteiger partial charge in [0.1, 0.15) is 0 Å². The summed E-state index contributed by atoms with van der Waals surface area (Å²) in [5.74, 6) is -0.683. The Morgan fingerprint density at radius 3 is 2.38 bits per heavy atom. The quantitative estimate of drug-likeness (QED) is 0.759. The molecule has 3 heteroatoms. The van der Waals surface area contributed by atoms with Gasteiger partial charge in [-0.05, 0) is 18.1 Å². The van der Waals surface area contributed by atoms with Crippen LogP contribution < -0.4 is 5.32 Å². The van der Waals surface area contributed by atoms with Gasteiger partial charge in [-0.2, -0.15) is 0 Å². The summed E-state index contributed by atoms with van der Waals surface area (Å²) < 4.78 is 0. The fraction of sp³-hybridized carbons (Fsp3) is 0.0769. The van der Waals surface area contributed by atoms with Crippen LogP contribution in [0.1, 0.15) is 12.5 Å². The maximum absolute atomic E-state index is 11.5. The molecule has 1 aromatic carbocycles. The Morgan fingerprint density at radius 1 is 1.19 bits per heavy atom. The second-order valence-corrected chi connectivity index (χ2v) is 3.44. The third-order valence-corrected chi connectivity index (χ3v) is 2.42. The van der Waals surface area contributed by atoms with Crippen molar-refractivity contribution in [2.75, 3.05) is 0 Å². The van der Waals surface area contributed by atoms with Crippen molar-refractivity contribution in [3.05, 3.63) is 53.6 Å². The maximum atomic E-state index is 11.5. The van der Waals surface area contributed by atoms with Gasteiger partial charge in [0.25, 0.3) is 11.8 Å². The minimum atomic E-state index is -0.352. The van der Waals surface area contributed by atoms with Crippen molar-refractivity contribution in [3.8, 4) is 0 Å². The van der Waals surface area contributed by atoms with E-state index in [4.69, 9.17) is 0 Å². The molecule has 1 N–H and O–H groups in total. The van der Waals surface area contributed by atoms with Crippen molar-refractivity contribution in [3.63, 3.8) is 0 Å². The van der Waals surface area contributed by atoms with Crippen LogP contribution >= 0.6 is 0 Å². The van der Waals surface area contributed by atoms with Crippen LogP contribution in [0.5, 0.6) is 0 Å². The molecule has 0 radical (unpaired) electrons. The molecule has 2 amide bonds. The lowest BCUT2D eigenvalue weighted by Gasteiger charge is -2.06. The first kappa shape index (κ1) is 10.4. The number of amides is 2. The Hall–Kier alpha value is -2.16. The zero-order valence-corrected chi connectivity index (χ0v) is 8.86. The molecule has 0 spiro atoms. The van der Waals surface area contributed by atoms with Gasteiger partial charge in [0.2, 0.25) is 0 Å². The maximum Gasteiger partial charge on any atom is 0.258 e. The molecule has 0 aromatic heterocycles. The molecule has 0 atom stereocenters. The minimum absolute atomic E-state index is 0.332. The summed E-state index contributed by atoms with van der Waals surface area (Å²) in [5.41, 5.74) is 2.14. The number of nitrogens with one attached hydrogen (secondary N) is 1. The van der Waals surface area contributed by atoms with Crippen molar-refractivity contribution in [2.24, 2.45) is 0 Å². The first-order valence-corrected chi connectivity index (χ1v) is 5.01. The fourth-order valence-electron chi connectivity index (χ4n) is 1.71. The molecular formula is C13H11NO2. The normalized spacial score (nSPS) is 16.1. The summed E-state index contributed by atoms with van der Waals surface area (Å²) in [4.78, 5) is 22.6. The number of hydrogen-bond acceptors (Lipinski definition) is 2. The molecule has 2 rings (SSSR count). The SMILES string of the molecule is CC=C(C1=CC(=O)NC1=O)c1ccccc1. The van der Waals surface area contributed by atoms with Crippen molar-refractivity contribution in [2.45, 2.75) is 6.92 Å². The molecule has 1 aliphatic heterocycles. The predicted molar refractivity (Wildman–Crippen MR) is 61.3 cm³/mol. The molecule has 0 aliphatic carbocycles. The van der Waals surface area contributed by atoms with Gasteiger partial charge >= 0.3 is 0 Å². The zero-order valence-electron chi connectivity index (χ0n) is 8.86. The van der Waals surface area contributed by atoms with Crippen LogP contribution in [-0.4, -0.2) is 11.8 Å². The Labute approximate surface area is 93.5 Å². The van der Waals surface area contributed by atoms with Crippen LogP contribution in [0.2, 0.25) is 0 Å². The number of carbonyl (C=O) groups excluding carboxylic acids is 2. The first-order valence-electron chi connectivity index (χ1n) is 5.01. The van der Waals surface area contributed by atoms with Crippen molar-refractivity contribution >= 4 is 17.4 Å². The number of rotatable bonds is 2. The lowest BCUT2D eigenvalue weighted by atomic mass is 9.98. The van der Waals surface area contributed by atoms with E-state index in [1.807, 2.05) is 43.3 Å². The Balaban J connectivity index is 2.43. The Kier molecular flexibility index (Phi) is 2.68. The Bertz CT molecular complexity index is 498. The largest absolute Gasteiger partial charge is 0.289 e. The molecule has 0 bridgehead atoms. The third-order valence-electron chi connectivity index (χ3n) is 2.42. The van der Waals surface area contributed by atoms with E-state index < -0.39 is 0 Å². The third kappa shape index (κ3) is 1.80. The van der Waals surface area contributed by atoms with E-state index >= 15 is 0 Å². The lowest BCUT2D eigenvalue weighted by molar-refractivity contribution is -0.123. The molecule has 1 aliphatic rings. The highest BCUT2D eigenvalue weighted by molar-refractivity contribution is 6.23. The summed E-state index contributed by atoms with van der Waals surface area (Å²) in [6, 6.07) is 9.52. The van der Waals surface area contributed by atoms with E-state index in [1.54, 1.807) is 0 Å². The van der Waals surface area contributed by atoms with E-state index in [-0.39, 0.29) is 11.8 Å². The number of carbonyl (C=O) groups is 2. The van der Waals surface area contributed by atoms with E-state index in [0.717, 1.165) is 11.1 Å². The van der Waals surface area contributed by atoms with Gasteiger partial charge in [0.15, 0.2) is 0 Å². The average molecular weight is 213 g/mol. The summed E-state index contributed by atoms with van der Waals surface area (Å²) >= 11 is 0. The van der Waals surface area contributed by atoms with Gasteiger partial charge in [-0.25, -0.2) is 0 Å². The molecular weight excluding hydrogens is 202 g/mol. The van der Waals surface area contributed by atoms with Gasteiger partial charge in [-0.15, -0.1) is 0 Å². The topological polar surface area (TPSA) is 46.2 Å². The minimum Gasteiger partial charge on any atom is -0.289 e. The zero-order chi connectivity index (χ0) is 11.5. The van der Waals surface area contributed by atoms with E-state index in [2.05, 4.69) is 5.32 Å². The van der Waals surface area contributed by atoms with Crippen LogP contribution in [0.25, 0.3) is 5.57 Å². The van der Waals surface area contributed by atoms with Crippen LogP contribution in [-0.2, 0) is 9.59 Å². The second kappa shape index (κ2) is 4.14. The molecule has 1 aromatic rings. The van der Waals surface area contributed by atoms with Crippen LogP contribution in [0.15, 0.2) is 48.1 Å². The molecule has 3 nitrogen and oxygen atoms in total. The summed E-state index contributed by atoms with van der Waals surface area (Å²) in [6.07, 6.45) is 3.17. The number of benzene rings is 1. The highest BCUT2D eigenvalue weighted by Gasteiger charge is 2.23. The molecule has 1 heterocycles. The number of imide groups is 1. The van der Waals surface area contributed by atoms with Crippen molar-refractivity contribution < 1.29 is 9.59 Å². The van der Waals surface area contributed by atoms with E-state index in [1.165, 1.54) is 6.08 Å². The van der Waals surface area contributed by atoms with Gasteiger partial charge in [0.05, 0.1) is 5.57 Å². The second-order valence-electron chi connectivity index (χ2n) is 3.44. The average Bonchev–Trinajstić information content (AvgIpc) is 2.61. The van der Waals surface area contributed by atoms with Crippen molar-refractivity contribution in [1.29, 1.82) is 0 Å². The smallest absolute Gasteiger partial charge is 0.258 e. The molecule has 16 heavy (non-hydrogen) atoms.